The fourth-order valence-electron chi connectivity index (χ4n) is 1.90. The molecule has 0 aliphatic heterocycles. The highest BCUT2D eigenvalue weighted by Gasteiger charge is 2.14. The number of nitrogens with zero attached hydrogens (tertiary/aromatic N) is 1. The number of benzene rings is 1. The number of likely N-dealkylation sites (N-methyl/N-ethyl adjacent to an activating group) is 1. The van der Waals surface area contributed by atoms with E-state index in [1.807, 2.05) is 32.3 Å². The summed E-state index contributed by atoms with van der Waals surface area (Å²) in [5.41, 5.74) is 6.29. The van der Waals surface area contributed by atoms with Gasteiger partial charge in [0.15, 0.2) is 0 Å². The van der Waals surface area contributed by atoms with Crippen molar-refractivity contribution in [2.45, 2.75) is 12.5 Å². The van der Waals surface area contributed by atoms with Crippen LogP contribution in [-0.2, 0) is 4.79 Å². The van der Waals surface area contributed by atoms with Gasteiger partial charge in [-0.3, -0.25) is 4.79 Å². The molecule has 0 spiro atoms. The van der Waals surface area contributed by atoms with Gasteiger partial charge >= 0.3 is 0 Å². The van der Waals surface area contributed by atoms with Crippen molar-refractivity contribution in [1.82, 2.24) is 10.2 Å². The lowest BCUT2D eigenvalue weighted by Gasteiger charge is -2.25. The molecule has 106 valence electrons. The van der Waals surface area contributed by atoms with Crippen molar-refractivity contribution in [3.05, 3.63) is 29.8 Å². The summed E-state index contributed by atoms with van der Waals surface area (Å²) in [4.78, 5) is 12.8. The Kier molecular flexibility index (Phi) is 6.32. The van der Waals surface area contributed by atoms with Gasteiger partial charge in [-0.05, 0) is 31.8 Å². The molecule has 19 heavy (non-hydrogen) atoms. The Hall–Kier alpha value is -1.59. The minimum Gasteiger partial charge on any atom is -0.497 e. The van der Waals surface area contributed by atoms with Crippen LogP contribution in [0.5, 0.6) is 5.75 Å². The molecule has 1 atom stereocenters. The fourth-order valence-corrected chi connectivity index (χ4v) is 1.90. The number of nitrogens with one attached hydrogen (secondary N) is 1. The first-order valence-electron chi connectivity index (χ1n) is 6.34. The molecule has 5 nitrogen and oxygen atoms in total. The highest BCUT2D eigenvalue weighted by Crippen LogP contribution is 2.21. The van der Waals surface area contributed by atoms with Crippen LogP contribution in [0.15, 0.2) is 24.3 Å². The number of methoxy groups -OCH3 is 1. The molecule has 0 saturated carbocycles. The van der Waals surface area contributed by atoms with Crippen LogP contribution < -0.4 is 15.8 Å². The first-order chi connectivity index (χ1) is 9.04. The number of nitrogens with two attached hydrogens (primary N) is 1. The van der Waals surface area contributed by atoms with Crippen LogP contribution in [0, 0.1) is 0 Å². The van der Waals surface area contributed by atoms with E-state index in [9.17, 15) is 4.79 Å². The summed E-state index contributed by atoms with van der Waals surface area (Å²) in [6, 6.07) is 8.23. The Morgan fingerprint density at radius 2 is 2.21 bits per heavy atom. The Bertz CT molecular complexity index is 407. The maximum atomic E-state index is 10.7. The van der Waals surface area contributed by atoms with Crippen molar-refractivity contribution < 1.29 is 9.53 Å². The molecular formula is C14H23N3O2. The van der Waals surface area contributed by atoms with Crippen LogP contribution in [0.3, 0.4) is 0 Å². The number of carbonyl (C=O) groups is 1. The lowest BCUT2D eigenvalue weighted by atomic mass is 10.1. The standard InChI is InChI=1S/C14H23N3O2/c1-17(2)13(10-16-8-7-14(15)18)11-5-4-6-12(9-11)19-3/h4-6,9,13,16H,7-8,10H2,1-3H3,(H2,15,18). The number of carbonyl (C=O) groups excluding carboxylic acids is 1. The van der Waals surface area contributed by atoms with E-state index in [0.717, 1.165) is 12.3 Å². The topological polar surface area (TPSA) is 67.6 Å². The van der Waals surface area contributed by atoms with Gasteiger partial charge in [-0.2, -0.15) is 0 Å². The van der Waals surface area contributed by atoms with Crippen molar-refractivity contribution in [1.29, 1.82) is 0 Å². The molecule has 0 aliphatic rings. The average molecular weight is 265 g/mol. The largest absolute Gasteiger partial charge is 0.497 e. The van der Waals surface area contributed by atoms with E-state index in [1.54, 1.807) is 7.11 Å². The predicted octanol–water partition coefficient (Wildman–Crippen LogP) is 0.763. The lowest BCUT2D eigenvalue weighted by molar-refractivity contribution is -0.117. The van der Waals surface area contributed by atoms with Gasteiger partial charge < -0.3 is 20.7 Å². The third kappa shape index (κ3) is 5.28. The van der Waals surface area contributed by atoms with Crippen LogP contribution in [-0.4, -0.2) is 45.1 Å². The summed E-state index contributed by atoms with van der Waals surface area (Å²) < 4.78 is 5.24. The predicted molar refractivity (Wildman–Crippen MR) is 76.1 cm³/mol. The molecule has 0 radical (unpaired) electrons. The maximum Gasteiger partial charge on any atom is 0.218 e. The second-order valence-corrected chi connectivity index (χ2v) is 4.68. The van der Waals surface area contributed by atoms with Crippen molar-refractivity contribution >= 4 is 5.91 Å². The zero-order chi connectivity index (χ0) is 14.3. The summed E-state index contributed by atoms with van der Waals surface area (Å²) in [6.07, 6.45) is 0.359. The quantitative estimate of drug-likeness (QED) is 0.681. The van der Waals surface area contributed by atoms with E-state index in [4.69, 9.17) is 10.5 Å². The van der Waals surface area contributed by atoms with Gasteiger partial charge in [-0.15, -0.1) is 0 Å². The lowest BCUT2D eigenvalue weighted by Crippen LogP contribution is -2.32. The second-order valence-electron chi connectivity index (χ2n) is 4.68. The summed E-state index contributed by atoms with van der Waals surface area (Å²) in [7, 11) is 5.72. The molecule has 1 aromatic rings. The molecule has 0 heterocycles. The average Bonchev–Trinajstić information content (AvgIpc) is 2.38. The normalized spacial score (nSPS) is 12.4. The highest BCUT2D eigenvalue weighted by molar-refractivity contribution is 5.73. The van der Waals surface area contributed by atoms with Crippen LogP contribution in [0.2, 0.25) is 0 Å². The maximum absolute atomic E-state index is 10.7. The van der Waals surface area contributed by atoms with Crippen LogP contribution >= 0.6 is 0 Å². The molecule has 1 rings (SSSR count). The molecule has 0 fully saturated rings. The van der Waals surface area contributed by atoms with Gasteiger partial charge in [0.05, 0.1) is 7.11 Å². The fraction of sp³-hybridized carbons (Fsp3) is 0.500. The molecule has 1 unspecified atom stereocenters. The summed E-state index contributed by atoms with van der Waals surface area (Å²) in [6.45, 7) is 1.36. The number of rotatable bonds is 8. The van der Waals surface area contributed by atoms with Crippen molar-refractivity contribution in [2.24, 2.45) is 5.73 Å². The summed E-state index contributed by atoms with van der Waals surface area (Å²) in [5.74, 6) is 0.566. The Morgan fingerprint density at radius 3 is 2.79 bits per heavy atom. The molecule has 0 aromatic heterocycles. The molecule has 3 N–H and O–H groups in total. The zero-order valence-corrected chi connectivity index (χ0v) is 11.8. The van der Waals surface area contributed by atoms with Crippen LogP contribution in [0.4, 0.5) is 0 Å². The van der Waals surface area contributed by atoms with E-state index >= 15 is 0 Å². The summed E-state index contributed by atoms with van der Waals surface area (Å²) in [5, 5.41) is 3.25. The molecular weight excluding hydrogens is 242 g/mol. The molecule has 0 bridgehead atoms. The SMILES string of the molecule is COc1cccc(C(CNCCC(N)=O)N(C)C)c1. The van der Waals surface area contributed by atoms with Gasteiger partial charge in [-0.25, -0.2) is 0 Å². The molecule has 0 saturated heterocycles. The second kappa shape index (κ2) is 7.76. The smallest absolute Gasteiger partial charge is 0.218 e. The van der Waals surface area contributed by atoms with Crippen LogP contribution in [0.25, 0.3) is 0 Å². The third-order valence-electron chi connectivity index (χ3n) is 2.99. The van der Waals surface area contributed by atoms with Gasteiger partial charge in [-0.1, -0.05) is 12.1 Å². The number of primary amides is 1. The van der Waals surface area contributed by atoms with E-state index in [2.05, 4.69) is 16.3 Å². The van der Waals surface area contributed by atoms with Crippen molar-refractivity contribution in [2.75, 3.05) is 34.3 Å². The first kappa shape index (κ1) is 15.5. The Morgan fingerprint density at radius 1 is 1.47 bits per heavy atom. The minimum atomic E-state index is -0.282. The number of hydrogen-bond acceptors (Lipinski definition) is 4. The van der Waals surface area contributed by atoms with Gasteiger partial charge in [0.25, 0.3) is 0 Å². The van der Waals surface area contributed by atoms with E-state index < -0.39 is 0 Å². The monoisotopic (exact) mass is 265 g/mol. The van der Waals surface area contributed by atoms with E-state index in [-0.39, 0.29) is 11.9 Å². The first-order valence-corrected chi connectivity index (χ1v) is 6.34. The van der Waals surface area contributed by atoms with Crippen LogP contribution in [0.1, 0.15) is 18.0 Å². The Labute approximate surface area is 114 Å². The zero-order valence-electron chi connectivity index (χ0n) is 11.8. The van der Waals surface area contributed by atoms with E-state index in [0.29, 0.717) is 13.0 Å². The number of hydrogen-bond donors (Lipinski definition) is 2. The van der Waals surface area contributed by atoms with Crippen molar-refractivity contribution in [3.63, 3.8) is 0 Å². The third-order valence-corrected chi connectivity index (χ3v) is 2.99. The molecule has 1 amide bonds. The molecule has 5 heteroatoms. The number of amides is 1. The van der Waals surface area contributed by atoms with Gasteiger partial charge in [0.1, 0.15) is 5.75 Å². The highest BCUT2D eigenvalue weighted by atomic mass is 16.5. The number of ether oxygens (including phenoxy) is 1. The molecule has 1 aromatic carbocycles. The summed E-state index contributed by atoms with van der Waals surface area (Å²) >= 11 is 0. The molecule has 0 aliphatic carbocycles. The minimum absolute atomic E-state index is 0.225. The Balaban J connectivity index is 2.63. The van der Waals surface area contributed by atoms with Crippen molar-refractivity contribution in [3.8, 4) is 5.75 Å². The van der Waals surface area contributed by atoms with Gasteiger partial charge in [0, 0.05) is 25.6 Å². The van der Waals surface area contributed by atoms with E-state index in [1.165, 1.54) is 5.56 Å². The van der Waals surface area contributed by atoms with Gasteiger partial charge in [0.2, 0.25) is 5.91 Å².